The van der Waals surface area contributed by atoms with Gasteiger partial charge in [-0.25, -0.2) is 0 Å². The van der Waals surface area contributed by atoms with Crippen LogP contribution in [0.25, 0.3) is 11.0 Å². The minimum Gasteiger partial charge on any atom is -0.451 e. The number of nitrogens with one attached hydrogen (secondary N) is 1. The zero-order valence-corrected chi connectivity index (χ0v) is 11.1. The molecule has 1 aromatic carbocycles. The van der Waals surface area contributed by atoms with Gasteiger partial charge in [0.1, 0.15) is 5.58 Å². The molecule has 0 aliphatic carbocycles. The Kier molecular flexibility index (Phi) is 3.47. The molecule has 0 radical (unpaired) electrons. The van der Waals surface area contributed by atoms with Crippen molar-refractivity contribution in [1.29, 1.82) is 0 Å². The fraction of sp³-hybridized carbons (Fsp3) is 0.0625. The van der Waals surface area contributed by atoms with E-state index in [4.69, 9.17) is 4.42 Å². The van der Waals surface area contributed by atoms with Crippen molar-refractivity contribution in [3.05, 3.63) is 76.4 Å². The summed E-state index contributed by atoms with van der Waals surface area (Å²) >= 11 is 0. The number of pyridine rings is 1. The highest BCUT2D eigenvalue weighted by Gasteiger charge is 2.11. The third-order valence-corrected chi connectivity index (χ3v) is 3.01. The maximum atomic E-state index is 12.0. The van der Waals surface area contributed by atoms with Crippen LogP contribution in [0.1, 0.15) is 16.2 Å². The lowest BCUT2D eigenvalue weighted by Gasteiger charge is -2.05. The monoisotopic (exact) mass is 280 g/mol. The highest BCUT2D eigenvalue weighted by molar-refractivity contribution is 5.93. The standard InChI is InChI=1S/C16H12N2O3/c19-13-9-15(21-14-7-2-1-6-12(13)14)16(20)18-10-11-5-3-4-8-17-11/h1-9H,10H2,(H,18,20). The van der Waals surface area contributed by atoms with Crippen LogP contribution in [0.5, 0.6) is 0 Å². The van der Waals surface area contributed by atoms with E-state index in [1.54, 1.807) is 42.6 Å². The largest absolute Gasteiger partial charge is 0.451 e. The van der Waals surface area contributed by atoms with Gasteiger partial charge in [-0.2, -0.15) is 0 Å². The van der Waals surface area contributed by atoms with E-state index in [2.05, 4.69) is 10.3 Å². The third kappa shape index (κ3) is 2.81. The van der Waals surface area contributed by atoms with Crippen molar-refractivity contribution in [2.24, 2.45) is 0 Å². The second kappa shape index (κ2) is 5.58. The van der Waals surface area contributed by atoms with E-state index in [0.717, 1.165) is 5.69 Å². The molecule has 0 unspecified atom stereocenters. The Morgan fingerprint density at radius 1 is 1.14 bits per heavy atom. The number of hydrogen-bond acceptors (Lipinski definition) is 4. The lowest BCUT2D eigenvalue weighted by Crippen LogP contribution is -2.24. The van der Waals surface area contributed by atoms with Crippen molar-refractivity contribution in [3.63, 3.8) is 0 Å². The Morgan fingerprint density at radius 3 is 2.76 bits per heavy atom. The van der Waals surface area contributed by atoms with E-state index < -0.39 is 5.91 Å². The second-order valence-electron chi connectivity index (χ2n) is 4.47. The lowest BCUT2D eigenvalue weighted by atomic mass is 10.2. The molecule has 0 saturated heterocycles. The molecular formula is C16H12N2O3. The summed E-state index contributed by atoms with van der Waals surface area (Å²) in [6, 6.07) is 13.5. The number of fused-ring (bicyclic) bond motifs is 1. The van der Waals surface area contributed by atoms with Gasteiger partial charge in [0.25, 0.3) is 5.91 Å². The highest BCUT2D eigenvalue weighted by Crippen LogP contribution is 2.11. The molecule has 5 heteroatoms. The Labute approximate surface area is 120 Å². The van der Waals surface area contributed by atoms with Crippen LogP contribution in [-0.4, -0.2) is 10.9 Å². The minimum absolute atomic E-state index is 0.00497. The van der Waals surface area contributed by atoms with Gasteiger partial charge >= 0.3 is 0 Å². The summed E-state index contributed by atoms with van der Waals surface area (Å²) in [6.07, 6.45) is 1.65. The SMILES string of the molecule is O=C(NCc1ccccn1)c1cc(=O)c2ccccc2o1. The third-order valence-electron chi connectivity index (χ3n) is 3.01. The van der Waals surface area contributed by atoms with Gasteiger partial charge in [-0.3, -0.25) is 14.6 Å². The van der Waals surface area contributed by atoms with E-state index >= 15 is 0 Å². The predicted octanol–water partition coefficient (Wildman–Crippen LogP) is 2.12. The van der Waals surface area contributed by atoms with Crippen molar-refractivity contribution in [1.82, 2.24) is 10.3 Å². The van der Waals surface area contributed by atoms with Crippen LogP contribution in [0, 0.1) is 0 Å². The number of carbonyl (C=O) groups is 1. The van der Waals surface area contributed by atoms with Crippen LogP contribution < -0.4 is 10.7 Å². The number of benzene rings is 1. The number of aromatic nitrogens is 1. The Morgan fingerprint density at radius 2 is 1.95 bits per heavy atom. The summed E-state index contributed by atoms with van der Waals surface area (Å²) < 4.78 is 5.46. The minimum atomic E-state index is -0.441. The van der Waals surface area contributed by atoms with Crippen molar-refractivity contribution in [2.75, 3.05) is 0 Å². The molecule has 104 valence electrons. The van der Waals surface area contributed by atoms with Crippen LogP contribution in [0.3, 0.4) is 0 Å². The maximum Gasteiger partial charge on any atom is 0.287 e. The van der Waals surface area contributed by atoms with Crippen LogP contribution >= 0.6 is 0 Å². The van der Waals surface area contributed by atoms with E-state index in [-0.39, 0.29) is 17.7 Å². The number of rotatable bonds is 3. The number of amides is 1. The number of carbonyl (C=O) groups excluding carboxylic acids is 1. The van der Waals surface area contributed by atoms with E-state index in [0.29, 0.717) is 11.0 Å². The molecule has 0 aliphatic heterocycles. The molecule has 0 spiro atoms. The fourth-order valence-electron chi connectivity index (χ4n) is 1.98. The van der Waals surface area contributed by atoms with Gasteiger partial charge in [0.15, 0.2) is 11.2 Å². The second-order valence-corrected chi connectivity index (χ2v) is 4.47. The highest BCUT2D eigenvalue weighted by atomic mass is 16.3. The molecule has 1 N–H and O–H groups in total. The Balaban J connectivity index is 1.83. The van der Waals surface area contributed by atoms with Crippen LogP contribution in [0.2, 0.25) is 0 Å². The molecule has 0 atom stereocenters. The van der Waals surface area contributed by atoms with Crippen LogP contribution in [0.4, 0.5) is 0 Å². The van der Waals surface area contributed by atoms with Gasteiger partial charge in [-0.05, 0) is 24.3 Å². The molecular weight excluding hydrogens is 268 g/mol. The van der Waals surface area contributed by atoms with Crippen molar-refractivity contribution < 1.29 is 9.21 Å². The zero-order chi connectivity index (χ0) is 14.7. The zero-order valence-electron chi connectivity index (χ0n) is 11.1. The first-order chi connectivity index (χ1) is 10.2. The van der Waals surface area contributed by atoms with Gasteiger partial charge in [0.05, 0.1) is 17.6 Å². The molecule has 0 aliphatic rings. The number of nitrogens with zero attached hydrogens (tertiary/aromatic N) is 1. The van der Waals surface area contributed by atoms with Gasteiger partial charge in [-0.15, -0.1) is 0 Å². The summed E-state index contributed by atoms with van der Waals surface area (Å²) in [4.78, 5) is 28.1. The molecule has 0 saturated carbocycles. The molecule has 21 heavy (non-hydrogen) atoms. The summed E-state index contributed by atoms with van der Waals surface area (Å²) in [6.45, 7) is 0.274. The van der Waals surface area contributed by atoms with Gasteiger partial charge in [0.2, 0.25) is 0 Å². The molecule has 0 fully saturated rings. The average Bonchev–Trinajstić information content (AvgIpc) is 2.53. The van der Waals surface area contributed by atoms with Crippen molar-refractivity contribution in [3.8, 4) is 0 Å². The van der Waals surface area contributed by atoms with E-state index in [1.807, 2.05) is 6.07 Å². The quantitative estimate of drug-likeness (QED) is 0.797. The average molecular weight is 280 g/mol. The predicted molar refractivity (Wildman–Crippen MR) is 77.9 cm³/mol. The molecule has 3 aromatic rings. The van der Waals surface area contributed by atoms with Gasteiger partial charge in [0, 0.05) is 12.3 Å². The normalized spacial score (nSPS) is 10.5. The lowest BCUT2D eigenvalue weighted by molar-refractivity contribution is 0.0923. The van der Waals surface area contributed by atoms with Gasteiger partial charge in [-0.1, -0.05) is 18.2 Å². The summed E-state index contributed by atoms with van der Waals surface area (Å²) in [7, 11) is 0. The van der Waals surface area contributed by atoms with Crippen LogP contribution in [-0.2, 0) is 6.54 Å². The van der Waals surface area contributed by atoms with Gasteiger partial charge < -0.3 is 9.73 Å². The fourth-order valence-corrected chi connectivity index (χ4v) is 1.98. The van der Waals surface area contributed by atoms with E-state index in [9.17, 15) is 9.59 Å². The topological polar surface area (TPSA) is 72.2 Å². The molecule has 0 bridgehead atoms. The van der Waals surface area contributed by atoms with Crippen molar-refractivity contribution >= 4 is 16.9 Å². The maximum absolute atomic E-state index is 12.0. The van der Waals surface area contributed by atoms with E-state index in [1.165, 1.54) is 6.07 Å². The summed E-state index contributed by atoms with van der Waals surface area (Å²) in [5.74, 6) is -0.446. The first kappa shape index (κ1) is 13.1. The Bertz CT molecular complexity index is 841. The smallest absolute Gasteiger partial charge is 0.287 e. The van der Waals surface area contributed by atoms with Crippen molar-refractivity contribution in [2.45, 2.75) is 6.54 Å². The molecule has 3 rings (SSSR count). The summed E-state index contributed by atoms with van der Waals surface area (Å²) in [5, 5.41) is 3.13. The number of para-hydroxylation sites is 1. The summed E-state index contributed by atoms with van der Waals surface area (Å²) in [5.41, 5.74) is 0.891. The number of hydrogen-bond donors (Lipinski definition) is 1. The van der Waals surface area contributed by atoms with Crippen LogP contribution in [0.15, 0.2) is 63.9 Å². The molecule has 2 heterocycles. The molecule has 1 amide bonds. The first-order valence-electron chi connectivity index (χ1n) is 6.45. The first-order valence-corrected chi connectivity index (χ1v) is 6.45. The molecule has 2 aromatic heterocycles. The molecule has 5 nitrogen and oxygen atoms in total. The Hall–Kier alpha value is -2.95.